The molecular weight excluding hydrogens is 342 g/mol. The number of anilines is 1. The lowest BCUT2D eigenvalue weighted by Crippen LogP contribution is -2.13. The molecule has 2 aromatic carbocycles. The third kappa shape index (κ3) is 4.22. The van der Waals surface area contributed by atoms with Crippen molar-refractivity contribution in [3.63, 3.8) is 0 Å². The van der Waals surface area contributed by atoms with Gasteiger partial charge in [-0.25, -0.2) is 4.39 Å². The van der Waals surface area contributed by atoms with Gasteiger partial charge in [0.2, 0.25) is 0 Å². The molecule has 0 aliphatic carbocycles. The number of halogens is 3. The number of nitrogens with one attached hydrogen (secondary N) is 1. The Morgan fingerprint density at radius 1 is 1.22 bits per heavy atom. The molecule has 0 spiro atoms. The summed E-state index contributed by atoms with van der Waals surface area (Å²) in [4.78, 5) is 12.1. The van der Waals surface area contributed by atoms with E-state index >= 15 is 0 Å². The van der Waals surface area contributed by atoms with Crippen molar-refractivity contribution in [2.45, 2.75) is 0 Å². The van der Waals surface area contributed by atoms with Gasteiger partial charge >= 0.3 is 0 Å². The molecule has 0 bridgehead atoms. The van der Waals surface area contributed by atoms with Gasteiger partial charge < -0.3 is 10.4 Å². The first-order chi connectivity index (χ1) is 10.9. The van der Waals surface area contributed by atoms with E-state index in [1.165, 1.54) is 36.4 Å². The van der Waals surface area contributed by atoms with Gasteiger partial charge in [0.15, 0.2) is 0 Å². The van der Waals surface area contributed by atoms with Crippen LogP contribution in [0.25, 0.3) is 6.08 Å². The van der Waals surface area contributed by atoms with Gasteiger partial charge in [-0.1, -0.05) is 29.3 Å². The molecule has 7 heteroatoms. The smallest absolute Gasteiger partial charge is 0.266 e. The molecule has 2 N–H and O–H groups in total. The van der Waals surface area contributed by atoms with Gasteiger partial charge in [0, 0.05) is 5.69 Å². The molecule has 4 nitrogen and oxygen atoms in total. The van der Waals surface area contributed by atoms with E-state index in [2.05, 4.69) is 5.32 Å². The Morgan fingerprint density at radius 2 is 1.96 bits per heavy atom. The van der Waals surface area contributed by atoms with Crippen molar-refractivity contribution in [1.29, 1.82) is 5.26 Å². The third-order valence-corrected chi connectivity index (χ3v) is 3.42. The zero-order valence-electron chi connectivity index (χ0n) is 11.5. The Bertz CT molecular complexity index is 844. The number of nitrogens with zero attached hydrogens (tertiary/aromatic N) is 1. The Kier molecular flexibility index (Phi) is 5.22. The maximum absolute atomic E-state index is 13.1. The second-order valence-corrected chi connectivity index (χ2v) is 5.28. The summed E-state index contributed by atoms with van der Waals surface area (Å²) in [5.74, 6) is -1.40. The first kappa shape index (κ1) is 16.8. The molecule has 23 heavy (non-hydrogen) atoms. The van der Waals surface area contributed by atoms with Crippen LogP contribution in [0.2, 0.25) is 10.0 Å². The minimum Gasteiger partial charge on any atom is -0.506 e. The Morgan fingerprint density at radius 3 is 2.57 bits per heavy atom. The van der Waals surface area contributed by atoms with Crippen molar-refractivity contribution in [3.8, 4) is 11.8 Å². The summed E-state index contributed by atoms with van der Waals surface area (Å²) in [5.41, 5.74) is 0.537. The molecule has 0 fully saturated rings. The maximum atomic E-state index is 13.1. The molecule has 0 aliphatic rings. The lowest BCUT2D eigenvalue weighted by Gasteiger charge is -2.05. The number of carbonyl (C=O) groups excluding carboxylic acids is 1. The summed E-state index contributed by atoms with van der Waals surface area (Å²) >= 11 is 11.4. The predicted molar refractivity (Wildman–Crippen MR) is 86.7 cm³/mol. The molecule has 0 unspecified atom stereocenters. The van der Waals surface area contributed by atoms with Gasteiger partial charge in [-0.15, -0.1) is 0 Å². The first-order valence-electron chi connectivity index (χ1n) is 6.27. The molecule has 0 radical (unpaired) electrons. The van der Waals surface area contributed by atoms with Gasteiger partial charge in [-0.05, 0) is 42.0 Å². The topological polar surface area (TPSA) is 73.1 Å². The molecule has 0 saturated heterocycles. The summed E-state index contributed by atoms with van der Waals surface area (Å²) in [6.07, 6.45) is 1.31. The molecule has 2 aromatic rings. The molecule has 0 aliphatic heterocycles. The second kappa shape index (κ2) is 7.14. The average molecular weight is 351 g/mol. The van der Waals surface area contributed by atoms with Gasteiger partial charge in [0.1, 0.15) is 23.2 Å². The van der Waals surface area contributed by atoms with Crippen molar-refractivity contribution in [2.24, 2.45) is 0 Å². The number of nitriles is 1. The number of phenolic OH excluding ortho intramolecular Hbond substituents is 1. The van der Waals surface area contributed by atoms with E-state index < -0.39 is 11.7 Å². The number of aromatic hydroxyl groups is 1. The van der Waals surface area contributed by atoms with Crippen molar-refractivity contribution in [3.05, 3.63) is 63.4 Å². The van der Waals surface area contributed by atoms with E-state index in [-0.39, 0.29) is 27.1 Å². The quantitative estimate of drug-likeness (QED) is 0.637. The number of hydrogen-bond donors (Lipinski definition) is 2. The summed E-state index contributed by atoms with van der Waals surface area (Å²) in [6.45, 7) is 0. The Labute approximate surface area is 141 Å². The first-order valence-corrected chi connectivity index (χ1v) is 7.03. The number of benzene rings is 2. The van der Waals surface area contributed by atoms with Crippen molar-refractivity contribution >= 4 is 40.9 Å². The minimum absolute atomic E-state index is 0.0989. The molecule has 1 amide bonds. The molecule has 116 valence electrons. The lowest BCUT2D eigenvalue weighted by molar-refractivity contribution is -0.112. The maximum Gasteiger partial charge on any atom is 0.266 e. The monoisotopic (exact) mass is 350 g/mol. The standard InChI is InChI=1S/C16H9Cl2FN2O2/c17-12-7-11(2-3-14(12)19)21-16(23)10(8-20)5-9-1-4-15(22)13(18)6-9/h1-7,22H,(H,21,23). The van der Waals surface area contributed by atoms with E-state index in [0.717, 1.165) is 6.07 Å². The van der Waals surface area contributed by atoms with Crippen LogP contribution in [-0.2, 0) is 4.79 Å². The van der Waals surface area contributed by atoms with Gasteiger partial charge in [-0.2, -0.15) is 5.26 Å². The van der Waals surface area contributed by atoms with Gasteiger partial charge in [0.05, 0.1) is 10.0 Å². The molecule has 0 aromatic heterocycles. The summed E-state index contributed by atoms with van der Waals surface area (Å²) in [7, 11) is 0. The number of hydrogen-bond acceptors (Lipinski definition) is 3. The third-order valence-electron chi connectivity index (χ3n) is 2.83. The van der Waals surface area contributed by atoms with E-state index in [9.17, 15) is 14.3 Å². The van der Waals surface area contributed by atoms with Crippen LogP contribution in [0.5, 0.6) is 5.75 Å². The number of amides is 1. The van der Waals surface area contributed by atoms with Crippen LogP contribution in [0.4, 0.5) is 10.1 Å². The summed E-state index contributed by atoms with van der Waals surface area (Å²) in [5, 5.41) is 20.9. The molecule has 2 rings (SSSR count). The van der Waals surface area contributed by atoms with Gasteiger partial charge in [0.25, 0.3) is 5.91 Å². The van der Waals surface area contributed by atoms with E-state index in [4.69, 9.17) is 28.5 Å². The fourth-order valence-corrected chi connectivity index (χ4v) is 2.07. The van der Waals surface area contributed by atoms with Crippen LogP contribution in [0.15, 0.2) is 42.0 Å². The van der Waals surface area contributed by atoms with Crippen molar-refractivity contribution < 1.29 is 14.3 Å². The number of phenols is 1. The number of rotatable bonds is 3. The molecular formula is C16H9Cl2FN2O2. The van der Waals surface area contributed by atoms with Crippen LogP contribution < -0.4 is 5.32 Å². The zero-order valence-corrected chi connectivity index (χ0v) is 13.0. The molecule has 0 saturated carbocycles. The highest BCUT2D eigenvalue weighted by Gasteiger charge is 2.11. The normalized spacial score (nSPS) is 11.0. The van der Waals surface area contributed by atoms with E-state index in [1.807, 2.05) is 0 Å². The lowest BCUT2D eigenvalue weighted by atomic mass is 10.1. The molecule has 0 heterocycles. The second-order valence-electron chi connectivity index (χ2n) is 4.46. The van der Waals surface area contributed by atoms with Crippen LogP contribution in [0.1, 0.15) is 5.56 Å². The molecule has 0 atom stereocenters. The zero-order chi connectivity index (χ0) is 17.0. The SMILES string of the molecule is N#CC(=Cc1ccc(O)c(Cl)c1)C(=O)Nc1ccc(F)c(Cl)c1. The van der Waals surface area contributed by atoms with Crippen LogP contribution in [0.3, 0.4) is 0 Å². The summed E-state index contributed by atoms with van der Waals surface area (Å²) < 4.78 is 13.1. The highest BCUT2D eigenvalue weighted by Crippen LogP contribution is 2.25. The van der Waals surface area contributed by atoms with Crippen molar-refractivity contribution in [2.75, 3.05) is 5.32 Å². The fraction of sp³-hybridized carbons (Fsp3) is 0. The van der Waals surface area contributed by atoms with Crippen molar-refractivity contribution in [1.82, 2.24) is 0 Å². The number of carbonyl (C=O) groups is 1. The van der Waals surface area contributed by atoms with E-state index in [0.29, 0.717) is 5.56 Å². The van der Waals surface area contributed by atoms with Crippen LogP contribution in [-0.4, -0.2) is 11.0 Å². The fourth-order valence-electron chi connectivity index (χ4n) is 1.70. The largest absolute Gasteiger partial charge is 0.506 e. The summed E-state index contributed by atoms with van der Waals surface area (Å²) in [6, 6.07) is 9.70. The minimum atomic E-state index is -0.681. The highest BCUT2D eigenvalue weighted by molar-refractivity contribution is 6.32. The van der Waals surface area contributed by atoms with Gasteiger partial charge in [-0.3, -0.25) is 4.79 Å². The Balaban J connectivity index is 2.24. The van der Waals surface area contributed by atoms with Crippen LogP contribution in [0, 0.1) is 17.1 Å². The highest BCUT2D eigenvalue weighted by atomic mass is 35.5. The Hall–Kier alpha value is -2.55. The average Bonchev–Trinajstić information content (AvgIpc) is 2.52. The van der Waals surface area contributed by atoms with Crippen LogP contribution >= 0.6 is 23.2 Å². The predicted octanol–water partition coefficient (Wildman–Crippen LogP) is 4.38. The van der Waals surface area contributed by atoms with E-state index in [1.54, 1.807) is 6.07 Å².